The summed E-state index contributed by atoms with van der Waals surface area (Å²) in [4.78, 5) is 24.3. The van der Waals surface area contributed by atoms with Crippen LogP contribution in [0.25, 0.3) is 0 Å². The molecule has 1 heterocycles. The van der Waals surface area contributed by atoms with Gasteiger partial charge in [0.15, 0.2) is 5.60 Å². The molecule has 0 bridgehead atoms. The Labute approximate surface area is 225 Å². The molecule has 0 N–H and O–H groups in total. The van der Waals surface area contributed by atoms with E-state index in [1.165, 1.54) is 16.7 Å². The Balaban J connectivity index is 0.00000165. The number of hydrogen-bond acceptors (Lipinski definition) is 4. The number of esters is 1. The van der Waals surface area contributed by atoms with Gasteiger partial charge in [0.25, 0.3) is 0 Å². The SMILES string of the molecule is C/C=C(\C)Cn1cc(CCCc2ccc(OC(C)(C)C(=O)OCC)cc2)n(C)c1=O.C=C(C)CC.CC. The number of aryl methyl sites for hydroxylation is 2. The highest BCUT2D eigenvalue weighted by Gasteiger charge is 2.31. The molecule has 0 saturated carbocycles. The average Bonchev–Trinajstić information content (AvgIpc) is 3.14. The van der Waals surface area contributed by atoms with Crippen LogP contribution in [0, 0.1) is 0 Å². The van der Waals surface area contributed by atoms with Crippen LogP contribution in [0.15, 0.2) is 59.1 Å². The summed E-state index contributed by atoms with van der Waals surface area (Å²) in [5.74, 6) is 0.256. The Hall–Kier alpha value is -3.02. The number of carbonyl (C=O) groups is 1. The highest BCUT2D eigenvalue weighted by Crippen LogP contribution is 2.21. The topological polar surface area (TPSA) is 62.5 Å². The van der Waals surface area contributed by atoms with E-state index in [4.69, 9.17) is 9.47 Å². The molecule has 37 heavy (non-hydrogen) atoms. The molecule has 0 radical (unpaired) electrons. The maximum atomic E-state index is 12.4. The minimum atomic E-state index is -1.03. The Morgan fingerprint density at radius 3 is 2.14 bits per heavy atom. The molecular formula is C31H50N2O4. The van der Waals surface area contributed by atoms with E-state index >= 15 is 0 Å². The molecule has 6 nitrogen and oxygen atoms in total. The maximum Gasteiger partial charge on any atom is 0.349 e. The third-order valence-electron chi connectivity index (χ3n) is 5.75. The van der Waals surface area contributed by atoms with Gasteiger partial charge in [-0.05, 0) is 84.9 Å². The van der Waals surface area contributed by atoms with Gasteiger partial charge >= 0.3 is 11.7 Å². The van der Waals surface area contributed by atoms with Crippen molar-refractivity contribution in [2.45, 2.75) is 100 Å². The van der Waals surface area contributed by atoms with Crippen molar-refractivity contribution in [3.63, 3.8) is 0 Å². The lowest BCUT2D eigenvalue weighted by Gasteiger charge is -2.24. The van der Waals surface area contributed by atoms with E-state index in [0.717, 1.165) is 31.4 Å². The fraction of sp³-hybridized carbons (Fsp3) is 0.548. The summed E-state index contributed by atoms with van der Waals surface area (Å²) in [6, 6.07) is 7.77. The van der Waals surface area contributed by atoms with Crippen LogP contribution in [0.4, 0.5) is 0 Å². The standard InChI is InChI=1S/C24H34N2O4.C5H10.C2H6/c1-7-18(3)16-26-17-20(25(6)23(26)28)11-9-10-19-12-14-21(15-13-19)30-24(4,5)22(27)29-8-2;1-4-5(2)3;1-2/h7,12-15,17H,8-11,16H2,1-6H3;2,4H2,1,3H3;1-2H3/b18-7+;;. The van der Waals surface area contributed by atoms with Crippen LogP contribution in [0.2, 0.25) is 0 Å². The van der Waals surface area contributed by atoms with Crippen molar-refractivity contribution in [2.75, 3.05) is 6.61 Å². The Morgan fingerprint density at radius 2 is 1.65 bits per heavy atom. The van der Waals surface area contributed by atoms with Crippen LogP contribution < -0.4 is 10.4 Å². The summed E-state index contributed by atoms with van der Waals surface area (Å²) in [5.41, 5.74) is 3.65. The second-order valence-corrected chi connectivity index (χ2v) is 9.37. The zero-order chi connectivity index (χ0) is 28.6. The van der Waals surface area contributed by atoms with Crippen LogP contribution in [-0.4, -0.2) is 27.3 Å². The fourth-order valence-corrected chi connectivity index (χ4v) is 3.18. The first-order chi connectivity index (χ1) is 17.4. The number of nitrogens with zero attached hydrogens (tertiary/aromatic N) is 2. The second-order valence-electron chi connectivity index (χ2n) is 9.37. The van der Waals surface area contributed by atoms with Gasteiger partial charge in [-0.25, -0.2) is 9.59 Å². The van der Waals surface area contributed by atoms with Gasteiger partial charge in [0, 0.05) is 25.5 Å². The van der Waals surface area contributed by atoms with E-state index in [-0.39, 0.29) is 11.7 Å². The number of aromatic nitrogens is 2. The quantitative estimate of drug-likeness (QED) is 0.238. The first-order valence-electron chi connectivity index (χ1n) is 13.4. The lowest BCUT2D eigenvalue weighted by Crippen LogP contribution is -2.39. The Morgan fingerprint density at radius 1 is 1.08 bits per heavy atom. The summed E-state index contributed by atoms with van der Waals surface area (Å²) in [6.45, 7) is 22.0. The number of allylic oxidation sites excluding steroid dienone is 3. The molecule has 6 heteroatoms. The summed E-state index contributed by atoms with van der Waals surface area (Å²) in [5, 5.41) is 0. The van der Waals surface area contributed by atoms with Crippen molar-refractivity contribution >= 4 is 5.97 Å². The molecule has 2 rings (SSSR count). The summed E-state index contributed by atoms with van der Waals surface area (Å²) < 4.78 is 14.3. The normalized spacial score (nSPS) is 11.0. The molecule has 0 spiro atoms. The number of carbonyl (C=O) groups excluding carboxylic acids is 1. The fourth-order valence-electron chi connectivity index (χ4n) is 3.18. The van der Waals surface area contributed by atoms with Crippen LogP contribution >= 0.6 is 0 Å². The van der Waals surface area contributed by atoms with E-state index in [1.54, 1.807) is 29.9 Å². The van der Waals surface area contributed by atoms with E-state index in [2.05, 4.69) is 13.5 Å². The Kier molecular flexibility index (Phi) is 16.0. The van der Waals surface area contributed by atoms with Crippen LogP contribution in [-0.2, 0) is 36.0 Å². The van der Waals surface area contributed by atoms with E-state index in [0.29, 0.717) is 18.9 Å². The van der Waals surface area contributed by atoms with E-state index < -0.39 is 5.60 Å². The number of benzene rings is 1. The van der Waals surface area contributed by atoms with Crippen molar-refractivity contribution in [3.05, 3.63) is 76.0 Å². The first kappa shape index (κ1) is 34.0. The van der Waals surface area contributed by atoms with Gasteiger partial charge in [0.2, 0.25) is 0 Å². The Bertz CT molecular complexity index is 1040. The molecule has 0 aliphatic rings. The van der Waals surface area contributed by atoms with Gasteiger partial charge < -0.3 is 9.47 Å². The highest BCUT2D eigenvalue weighted by atomic mass is 16.6. The average molecular weight is 515 g/mol. The molecule has 208 valence electrons. The van der Waals surface area contributed by atoms with Gasteiger partial charge in [0.1, 0.15) is 5.75 Å². The number of ether oxygens (including phenoxy) is 2. The summed E-state index contributed by atoms with van der Waals surface area (Å²) in [7, 11) is 1.83. The van der Waals surface area contributed by atoms with Crippen molar-refractivity contribution in [2.24, 2.45) is 7.05 Å². The molecular weight excluding hydrogens is 464 g/mol. The predicted octanol–water partition coefficient (Wildman–Crippen LogP) is 7.05. The third kappa shape index (κ3) is 12.2. The van der Waals surface area contributed by atoms with Gasteiger partial charge in [-0.3, -0.25) is 9.13 Å². The maximum absolute atomic E-state index is 12.4. The van der Waals surface area contributed by atoms with Gasteiger partial charge in [-0.1, -0.05) is 50.1 Å². The largest absolute Gasteiger partial charge is 0.476 e. The van der Waals surface area contributed by atoms with Crippen molar-refractivity contribution in [1.29, 1.82) is 0 Å². The van der Waals surface area contributed by atoms with E-state index in [1.807, 2.05) is 78.2 Å². The molecule has 0 atom stereocenters. The molecule has 0 aliphatic carbocycles. The number of hydrogen-bond donors (Lipinski definition) is 0. The number of rotatable bonds is 11. The molecule has 1 aromatic heterocycles. The molecule has 2 aromatic rings. The van der Waals surface area contributed by atoms with Crippen molar-refractivity contribution in [1.82, 2.24) is 9.13 Å². The van der Waals surface area contributed by atoms with Crippen LogP contribution in [0.1, 0.15) is 86.4 Å². The minimum Gasteiger partial charge on any atom is -0.476 e. The molecule has 0 saturated heterocycles. The van der Waals surface area contributed by atoms with Crippen LogP contribution in [0.5, 0.6) is 5.75 Å². The van der Waals surface area contributed by atoms with Gasteiger partial charge in [0.05, 0.1) is 6.61 Å². The zero-order valence-corrected chi connectivity index (χ0v) is 24.9. The highest BCUT2D eigenvalue weighted by molar-refractivity contribution is 5.79. The molecule has 0 amide bonds. The summed E-state index contributed by atoms with van der Waals surface area (Å²) in [6.07, 6.45) is 7.77. The monoisotopic (exact) mass is 514 g/mol. The van der Waals surface area contributed by atoms with Crippen molar-refractivity contribution < 1.29 is 14.3 Å². The predicted molar refractivity (Wildman–Crippen MR) is 155 cm³/mol. The van der Waals surface area contributed by atoms with Crippen LogP contribution in [0.3, 0.4) is 0 Å². The summed E-state index contributed by atoms with van der Waals surface area (Å²) >= 11 is 0. The molecule has 0 aliphatic heterocycles. The van der Waals surface area contributed by atoms with Gasteiger partial charge in [-0.15, -0.1) is 6.58 Å². The molecule has 1 aromatic carbocycles. The smallest absolute Gasteiger partial charge is 0.349 e. The number of imidazole rings is 1. The molecule has 0 fully saturated rings. The van der Waals surface area contributed by atoms with Gasteiger partial charge in [-0.2, -0.15) is 0 Å². The first-order valence-corrected chi connectivity index (χ1v) is 13.4. The lowest BCUT2D eigenvalue weighted by molar-refractivity contribution is -0.158. The van der Waals surface area contributed by atoms with E-state index in [9.17, 15) is 9.59 Å². The third-order valence-corrected chi connectivity index (χ3v) is 5.75. The molecule has 0 unspecified atom stereocenters. The minimum absolute atomic E-state index is 0.0249. The van der Waals surface area contributed by atoms with Crippen molar-refractivity contribution in [3.8, 4) is 5.75 Å². The second kappa shape index (κ2) is 17.4. The zero-order valence-electron chi connectivity index (χ0n) is 24.9. The lowest BCUT2D eigenvalue weighted by atomic mass is 10.1.